The van der Waals surface area contributed by atoms with Gasteiger partial charge in [-0.1, -0.05) is 0 Å². The Morgan fingerprint density at radius 3 is 2.75 bits per heavy atom. The quantitative estimate of drug-likeness (QED) is 0.810. The third-order valence-electron chi connectivity index (χ3n) is 3.39. The second-order valence-corrected chi connectivity index (χ2v) is 4.97. The van der Waals surface area contributed by atoms with Crippen LogP contribution < -0.4 is 10.6 Å². The fraction of sp³-hybridized carbons (Fsp3) is 0.667. The van der Waals surface area contributed by atoms with Crippen molar-refractivity contribution in [1.29, 1.82) is 0 Å². The van der Waals surface area contributed by atoms with E-state index in [1.165, 1.54) is 18.5 Å². The first-order chi connectivity index (χ1) is 7.72. The van der Waals surface area contributed by atoms with Crippen LogP contribution in [0.4, 0.5) is 5.82 Å². The first kappa shape index (κ1) is 10.0. The fourth-order valence-electron chi connectivity index (χ4n) is 2.32. The van der Waals surface area contributed by atoms with Crippen LogP contribution in [-0.4, -0.2) is 29.1 Å². The predicted octanol–water partition coefficient (Wildman–Crippen LogP) is 1.20. The van der Waals surface area contributed by atoms with E-state index in [2.05, 4.69) is 20.9 Å². The second-order valence-electron chi connectivity index (χ2n) is 4.97. The molecule has 4 heteroatoms. The van der Waals surface area contributed by atoms with E-state index >= 15 is 0 Å². The summed E-state index contributed by atoms with van der Waals surface area (Å²) in [6, 6.07) is 2.46. The molecule has 0 spiro atoms. The van der Waals surface area contributed by atoms with E-state index in [1.54, 1.807) is 0 Å². The monoisotopic (exact) mass is 218 g/mol. The van der Waals surface area contributed by atoms with E-state index in [0.717, 1.165) is 31.2 Å². The van der Waals surface area contributed by atoms with Crippen molar-refractivity contribution in [3.05, 3.63) is 17.6 Å². The molecule has 2 aliphatic rings. The van der Waals surface area contributed by atoms with Gasteiger partial charge in [0.25, 0.3) is 0 Å². The molecular formula is C12H18N4. The molecule has 16 heavy (non-hydrogen) atoms. The number of rotatable bonds is 2. The zero-order valence-corrected chi connectivity index (χ0v) is 9.69. The average Bonchev–Trinajstić information content (AvgIpc) is 3.01. The number of aromatic nitrogens is 2. The van der Waals surface area contributed by atoms with Crippen LogP contribution in [0.3, 0.4) is 0 Å². The highest BCUT2D eigenvalue weighted by atomic mass is 15.2. The molecule has 1 unspecified atom stereocenters. The molecule has 0 amide bonds. The topological polar surface area (TPSA) is 55.0 Å². The van der Waals surface area contributed by atoms with Crippen LogP contribution in [0.2, 0.25) is 0 Å². The molecule has 3 rings (SSSR count). The van der Waals surface area contributed by atoms with Gasteiger partial charge in [0.2, 0.25) is 0 Å². The molecule has 1 aliphatic heterocycles. The summed E-state index contributed by atoms with van der Waals surface area (Å²) in [6.07, 6.45) is 3.65. The Morgan fingerprint density at radius 2 is 2.12 bits per heavy atom. The Balaban J connectivity index is 1.88. The minimum absolute atomic E-state index is 0.305. The standard InChI is InChI=1S/C12H18N4/c1-8-14-11(9-2-3-9)6-12(15-8)16-5-4-10(13)7-16/h6,9-10H,2-5,7,13H2,1H3. The number of hydrogen-bond donors (Lipinski definition) is 1. The van der Waals surface area contributed by atoms with Gasteiger partial charge in [0, 0.05) is 36.8 Å². The summed E-state index contributed by atoms with van der Waals surface area (Å²) in [7, 11) is 0. The van der Waals surface area contributed by atoms with Gasteiger partial charge in [0.1, 0.15) is 11.6 Å². The van der Waals surface area contributed by atoms with E-state index < -0.39 is 0 Å². The van der Waals surface area contributed by atoms with Gasteiger partial charge in [-0.2, -0.15) is 0 Å². The maximum atomic E-state index is 5.93. The minimum Gasteiger partial charge on any atom is -0.355 e. The fourth-order valence-corrected chi connectivity index (χ4v) is 2.32. The van der Waals surface area contributed by atoms with Gasteiger partial charge in [-0.05, 0) is 26.2 Å². The number of nitrogens with two attached hydrogens (primary N) is 1. The molecular weight excluding hydrogens is 200 g/mol. The molecule has 86 valence electrons. The Morgan fingerprint density at radius 1 is 1.31 bits per heavy atom. The third-order valence-corrected chi connectivity index (χ3v) is 3.39. The van der Waals surface area contributed by atoms with Crippen LogP contribution >= 0.6 is 0 Å². The van der Waals surface area contributed by atoms with E-state index in [4.69, 9.17) is 5.73 Å². The molecule has 1 saturated carbocycles. The van der Waals surface area contributed by atoms with Gasteiger partial charge in [0.15, 0.2) is 0 Å². The van der Waals surface area contributed by atoms with Crippen LogP contribution in [-0.2, 0) is 0 Å². The van der Waals surface area contributed by atoms with E-state index in [0.29, 0.717) is 12.0 Å². The lowest BCUT2D eigenvalue weighted by Gasteiger charge is -2.17. The van der Waals surface area contributed by atoms with E-state index in [1.807, 2.05) is 6.92 Å². The summed E-state index contributed by atoms with van der Waals surface area (Å²) in [5.41, 5.74) is 7.15. The smallest absolute Gasteiger partial charge is 0.132 e. The van der Waals surface area contributed by atoms with Crippen molar-refractivity contribution in [3.63, 3.8) is 0 Å². The third kappa shape index (κ3) is 1.89. The molecule has 1 aromatic heterocycles. The first-order valence-corrected chi connectivity index (χ1v) is 6.08. The van der Waals surface area contributed by atoms with Gasteiger partial charge < -0.3 is 10.6 Å². The molecule has 2 N–H and O–H groups in total. The Hall–Kier alpha value is -1.16. The molecule has 1 saturated heterocycles. The summed E-state index contributed by atoms with van der Waals surface area (Å²) in [5, 5.41) is 0. The highest BCUT2D eigenvalue weighted by Gasteiger charge is 2.27. The SMILES string of the molecule is Cc1nc(C2CC2)cc(N2CCC(N)C2)n1. The molecule has 0 aromatic carbocycles. The van der Waals surface area contributed by atoms with Gasteiger partial charge >= 0.3 is 0 Å². The summed E-state index contributed by atoms with van der Waals surface area (Å²) >= 11 is 0. The zero-order valence-electron chi connectivity index (χ0n) is 9.69. The van der Waals surface area contributed by atoms with Crippen LogP contribution in [0.5, 0.6) is 0 Å². The summed E-state index contributed by atoms with van der Waals surface area (Å²) in [4.78, 5) is 11.3. The highest BCUT2D eigenvalue weighted by Crippen LogP contribution is 2.39. The summed E-state index contributed by atoms with van der Waals surface area (Å²) < 4.78 is 0. The average molecular weight is 218 g/mol. The molecule has 1 aromatic rings. The molecule has 2 heterocycles. The normalized spacial score (nSPS) is 25.1. The van der Waals surface area contributed by atoms with Gasteiger partial charge in [0.05, 0.1) is 0 Å². The Kier molecular flexibility index (Phi) is 2.32. The number of aryl methyl sites for hydroxylation is 1. The molecule has 0 radical (unpaired) electrons. The summed E-state index contributed by atoms with van der Waals surface area (Å²) in [5.74, 6) is 2.65. The number of nitrogens with zero attached hydrogens (tertiary/aromatic N) is 3. The van der Waals surface area contributed by atoms with Crippen LogP contribution in [0.15, 0.2) is 6.07 Å². The molecule has 1 aliphatic carbocycles. The first-order valence-electron chi connectivity index (χ1n) is 6.08. The van der Waals surface area contributed by atoms with Crippen molar-refractivity contribution >= 4 is 5.82 Å². The molecule has 1 atom stereocenters. The largest absolute Gasteiger partial charge is 0.355 e. The van der Waals surface area contributed by atoms with Gasteiger partial charge in [-0.25, -0.2) is 9.97 Å². The molecule has 4 nitrogen and oxygen atoms in total. The number of hydrogen-bond acceptors (Lipinski definition) is 4. The maximum absolute atomic E-state index is 5.93. The lowest BCUT2D eigenvalue weighted by molar-refractivity contribution is 0.750. The molecule has 2 fully saturated rings. The second kappa shape index (κ2) is 3.70. The lowest BCUT2D eigenvalue weighted by atomic mass is 10.2. The Bertz CT molecular complexity index is 400. The predicted molar refractivity (Wildman–Crippen MR) is 63.5 cm³/mol. The van der Waals surface area contributed by atoms with Crippen LogP contribution in [0, 0.1) is 6.92 Å². The summed E-state index contributed by atoms with van der Waals surface area (Å²) in [6.45, 7) is 3.94. The number of anilines is 1. The van der Waals surface area contributed by atoms with E-state index in [9.17, 15) is 0 Å². The maximum Gasteiger partial charge on any atom is 0.132 e. The van der Waals surface area contributed by atoms with Crippen molar-refractivity contribution in [3.8, 4) is 0 Å². The van der Waals surface area contributed by atoms with E-state index in [-0.39, 0.29) is 0 Å². The van der Waals surface area contributed by atoms with Gasteiger partial charge in [-0.15, -0.1) is 0 Å². The lowest BCUT2D eigenvalue weighted by Crippen LogP contribution is -2.27. The Labute approximate surface area is 95.9 Å². The van der Waals surface area contributed by atoms with Crippen LogP contribution in [0.25, 0.3) is 0 Å². The van der Waals surface area contributed by atoms with Crippen molar-refractivity contribution in [2.75, 3.05) is 18.0 Å². The van der Waals surface area contributed by atoms with Crippen molar-refractivity contribution in [1.82, 2.24) is 9.97 Å². The highest BCUT2D eigenvalue weighted by molar-refractivity contribution is 5.42. The minimum atomic E-state index is 0.305. The van der Waals surface area contributed by atoms with Gasteiger partial charge in [-0.3, -0.25) is 0 Å². The van der Waals surface area contributed by atoms with Crippen molar-refractivity contribution in [2.45, 2.75) is 38.1 Å². The van der Waals surface area contributed by atoms with Crippen molar-refractivity contribution in [2.24, 2.45) is 5.73 Å². The van der Waals surface area contributed by atoms with Crippen LogP contribution in [0.1, 0.15) is 36.7 Å². The molecule has 0 bridgehead atoms. The zero-order chi connectivity index (χ0) is 11.1. The van der Waals surface area contributed by atoms with Crippen molar-refractivity contribution < 1.29 is 0 Å².